The number of ether oxygens (including phenoxy) is 1. The highest BCUT2D eigenvalue weighted by Crippen LogP contribution is 2.27. The Morgan fingerprint density at radius 3 is 2.90 bits per heavy atom. The van der Waals surface area contributed by atoms with Gasteiger partial charge in [0.1, 0.15) is 5.75 Å². The number of carbonyl (C=O) groups excluding carboxylic acids is 1. The fraction of sp³-hybridized carbons (Fsp3) is 0.286. The van der Waals surface area contributed by atoms with E-state index in [-0.39, 0.29) is 12.5 Å². The maximum Gasteiger partial charge on any atom is 0.258 e. The van der Waals surface area contributed by atoms with Gasteiger partial charge in [-0.15, -0.1) is 0 Å². The van der Waals surface area contributed by atoms with Crippen molar-refractivity contribution in [1.29, 1.82) is 0 Å². The van der Waals surface area contributed by atoms with Gasteiger partial charge in [0.25, 0.3) is 5.91 Å². The molecule has 0 aliphatic heterocycles. The van der Waals surface area contributed by atoms with E-state index in [2.05, 4.69) is 10.4 Å². The number of hydrogen-bond donors (Lipinski definition) is 1. The molecule has 0 fully saturated rings. The van der Waals surface area contributed by atoms with Crippen LogP contribution in [0.4, 0.5) is 0 Å². The van der Waals surface area contributed by atoms with Crippen LogP contribution < -0.4 is 10.1 Å². The summed E-state index contributed by atoms with van der Waals surface area (Å²) in [5.41, 5.74) is 0.940. The molecule has 21 heavy (non-hydrogen) atoms. The average Bonchev–Trinajstić information content (AvgIpc) is 2.91. The third-order valence-corrected chi connectivity index (χ3v) is 3.35. The minimum absolute atomic E-state index is 0.110. The molecule has 2 aromatic rings. The van der Waals surface area contributed by atoms with Gasteiger partial charge in [-0.1, -0.05) is 23.2 Å². The van der Waals surface area contributed by atoms with Crippen molar-refractivity contribution >= 4 is 29.1 Å². The number of benzene rings is 1. The lowest BCUT2D eigenvalue weighted by atomic mass is 10.3. The maximum absolute atomic E-state index is 11.8. The Morgan fingerprint density at radius 2 is 2.19 bits per heavy atom. The summed E-state index contributed by atoms with van der Waals surface area (Å²) in [5, 5.41) is 7.79. The highest BCUT2D eigenvalue weighted by atomic mass is 35.5. The SMILES string of the molecule is CCn1nccc1CNC(=O)COc1ccc(Cl)cc1Cl. The van der Waals surface area contributed by atoms with Gasteiger partial charge in [0.2, 0.25) is 0 Å². The van der Waals surface area contributed by atoms with E-state index >= 15 is 0 Å². The van der Waals surface area contributed by atoms with Gasteiger partial charge in [0, 0.05) is 17.8 Å². The third-order valence-electron chi connectivity index (χ3n) is 2.82. The number of carbonyl (C=O) groups is 1. The Bertz CT molecular complexity index is 628. The van der Waals surface area contributed by atoms with Crippen molar-refractivity contribution < 1.29 is 9.53 Å². The number of nitrogens with one attached hydrogen (secondary N) is 1. The monoisotopic (exact) mass is 327 g/mol. The van der Waals surface area contributed by atoms with Crippen LogP contribution in [0.2, 0.25) is 10.0 Å². The summed E-state index contributed by atoms with van der Waals surface area (Å²) in [6, 6.07) is 6.71. The molecular weight excluding hydrogens is 313 g/mol. The van der Waals surface area contributed by atoms with Gasteiger partial charge in [-0.2, -0.15) is 5.10 Å². The van der Waals surface area contributed by atoms with Crippen LogP contribution in [0.3, 0.4) is 0 Å². The second-order valence-corrected chi connectivity index (χ2v) is 5.12. The van der Waals surface area contributed by atoms with E-state index in [0.29, 0.717) is 22.3 Å². The van der Waals surface area contributed by atoms with Crippen molar-refractivity contribution in [3.8, 4) is 5.75 Å². The molecule has 2 rings (SSSR count). The van der Waals surface area contributed by atoms with Gasteiger partial charge in [-0.3, -0.25) is 9.48 Å². The number of rotatable bonds is 6. The molecular formula is C14H15Cl2N3O2. The van der Waals surface area contributed by atoms with Gasteiger partial charge in [-0.05, 0) is 31.2 Å². The van der Waals surface area contributed by atoms with Crippen molar-refractivity contribution in [3.63, 3.8) is 0 Å². The number of halogens is 2. The standard InChI is InChI=1S/C14H15Cl2N3O2/c1-2-19-11(5-6-18-19)8-17-14(20)9-21-13-4-3-10(15)7-12(13)16/h3-7H,2,8-9H2,1H3,(H,17,20). The summed E-state index contributed by atoms with van der Waals surface area (Å²) >= 11 is 11.7. The van der Waals surface area contributed by atoms with Crippen LogP contribution in [0.5, 0.6) is 5.75 Å². The molecule has 0 aliphatic carbocycles. The number of amides is 1. The normalized spacial score (nSPS) is 10.4. The van der Waals surface area contributed by atoms with Crippen LogP contribution >= 0.6 is 23.2 Å². The van der Waals surface area contributed by atoms with Crippen molar-refractivity contribution in [2.75, 3.05) is 6.61 Å². The number of nitrogens with zero attached hydrogens (tertiary/aromatic N) is 2. The third kappa shape index (κ3) is 4.37. The molecule has 7 heteroatoms. The predicted molar refractivity (Wildman–Crippen MR) is 81.7 cm³/mol. The first-order valence-corrected chi connectivity index (χ1v) is 7.21. The molecule has 1 heterocycles. The quantitative estimate of drug-likeness (QED) is 0.887. The minimum atomic E-state index is -0.232. The lowest BCUT2D eigenvalue weighted by Gasteiger charge is -2.09. The summed E-state index contributed by atoms with van der Waals surface area (Å²) in [5.74, 6) is 0.194. The molecule has 1 aromatic heterocycles. The topological polar surface area (TPSA) is 56.2 Å². The summed E-state index contributed by atoms with van der Waals surface area (Å²) in [6.45, 7) is 3.05. The van der Waals surface area contributed by atoms with E-state index in [1.54, 1.807) is 24.4 Å². The van der Waals surface area contributed by atoms with Gasteiger partial charge in [0.15, 0.2) is 6.61 Å². The zero-order valence-corrected chi connectivity index (χ0v) is 13.0. The van der Waals surface area contributed by atoms with Crippen LogP contribution in [0.25, 0.3) is 0 Å². The van der Waals surface area contributed by atoms with Crippen LogP contribution in [-0.4, -0.2) is 22.3 Å². The van der Waals surface area contributed by atoms with Crippen molar-refractivity contribution in [1.82, 2.24) is 15.1 Å². The van der Waals surface area contributed by atoms with Crippen molar-refractivity contribution in [2.24, 2.45) is 0 Å². The van der Waals surface area contributed by atoms with E-state index < -0.39 is 0 Å². The van der Waals surface area contributed by atoms with Gasteiger partial charge in [0.05, 0.1) is 17.3 Å². The minimum Gasteiger partial charge on any atom is -0.482 e. The van der Waals surface area contributed by atoms with E-state index in [1.807, 2.05) is 17.7 Å². The Hall–Kier alpha value is -1.72. The average molecular weight is 328 g/mol. The van der Waals surface area contributed by atoms with Gasteiger partial charge in [-0.25, -0.2) is 0 Å². The van der Waals surface area contributed by atoms with Gasteiger partial charge < -0.3 is 10.1 Å². The van der Waals surface area contributed by atoms with Crippen LogP contribution in [0.1, 0.15) is 12.6 Å². The molecule has 0 saturated carbocycles. The molecule has 0 saturated heterocycles. The molecule has 0 atom stereocenters. The first kappa shape index (κ1) is 15.7. The Kier molecular flexibility index (Phi) is 5.47. The first-order valence-electron chi connectivity index (χ1n) is 6.45. The van der Waals surface area contributed by atoms with Crippen molar-refractivity contribution in [2.45, 2.75) is 20.0 Å². The molecule has 1 N–H and O–H groups in total. The Labute approximate surface area is 132 Å². The van der Waals surface area contributed by atoms with E-state index in [0.717, 1.165) is 12.2 Å². The van der Waals surface area contributed by atoms with Crippen LogP contribution in [0.15, 0.2) is 30.5 Å². The number of hydrogen-bond acceptors (Lipinski definition) is 3. The highest BCUT2D eigenvalue weighted by Gasteiger charge is 2.07. The lowest BCUT2D eigenvalue weighted by molar-refractivity contribution is -0.123. The molecule has 112 valence electrons. The maximum atomic E-state index is 11.8. The fourth-order valence-corrected chi connectivity index (χ4v) is 2.23. The molecule has 0 aliphatic rings. The molecule has 0 spiro atoms. The Balaban J connectivity index is 1.82. The zero-order valence-electron chi connectivity index (χ0n) is 11.5. The summed E-state index contributed by atoms with van der Waals surface area (Å²) in [4.78, 5) is 11.8. The van der Waals surface area contributed by atoms with E-state index in [4.69, 9.17) is 27.9 Å². The van der Waals surface area contributed by atoms with Gasteiger partial charge >= 0.3 is 0 Å². The summed E-state index contributed by atoms with van der Waals surface area (Å²) < 4.78 is 7.17. The van der Waals surface area contributed by atoms with Crippen molar-refractivity contribution in [3.05, 3.63) is 46.2 Å². The van der Waals surface area contributed by atoms with Crippen LogP contribution in [0, 0.1) is 0 Å². The highest BCUT2D eigenvalue weighted by molar-refractivity contribution is 6.35. The molecule has 1 amide bonds. The molecule has 1 aromatic carbocycles. The fourth-order valence-electron chi connectivity index (χ4n) is 1.77. The smallest absolute Gasteiger partial charge is 0.258 e. The second kappa shape index (κ2) is 7.33. The lowest BCUT2D eigenvalue weighted by Crippen LogP contribution is -2.29. The van der Waals surface area contributed by atoms with E-state index in [1.165, 1.54) is 0 Å². The Morgan fingerprint density at radius 1 is 1.38 bits per heavy atom. The predicted octanol–water partition coefficient (Wildman–Crippen LogP) is 2.91. The molecule has 0 bridgehead atoms. The molecule has 0 radical (unpaired) electrons. The second-order valence-electron chi connectivity index (χ2n) is 4.28. The van der Waals surface area contributed by atoms with E-state index in [9.17, 15) is 4.79 Å². The zero-order chi connectivity index (χ0) is 15.2. The first-order chi connectivity index (χ1) is 10.1. The van der Waals surface area contributed by atoms with Crippen LogP contribution in [-0.2, 0) is 17.9 Å². The molecule has 5 nitrogen and oxygen atoms in total. The summed E-state index contributed by atoms with van der Waals surface area (Å²) in [6.07, 6.45) is 1.70. The number of aromatic nitrogens is 2. The summed E-state index contributed by atoms with van der Waals surface area (Å²) in [7, 11) is 0. The molecule has 0 unspecified atom stereocenters. The number of aryl methyl sites for hydroxylation is 1. The largest absolute Gasteiger partial charge is 0.482 e.